The molecule has 0 unspecified atom stereocenters. The van der Waals surface area contributed by atoms with Crippen LogP contribution < -0.4 is 14.8 Å². The van der Waals surface area contributed by atoms with Gasteiger partial charge in [-0.25, -0.2) is 0 Å². The normalized spacial score (nSPS) is 14.7. The van der Waals surface area contributed by atoms with E-state index in [1.165, 1.54) is 0 Å². The number of rotatable bonds is 9. The molecule has 0 saturated heterocycles. The van der Waals surface area contributed by atoms with Gasteiger partial charge in [-0.3, -0.25) is 9.59 Å². The highest BCUT2D eigenvalue weighted by molar-refractivity contribution is 6.30. The molecule has 0 heterocycles. The lowest BCUT2D eigenvalue weighted by Crippen LogP contribution is -2.38. The van der Waals surface area contributed by atoms with Gasteiger partial charge >= 0.3 is 5.97 Å². The van der Waals surface area contributed by atoms with Crippen LogP contribution in [0, 0.1) is 0 Å². The van der Waals surface area contributed by atoms with E-state index in [4.69, 9.17) is 25.8 Å². The highest BCUT2D eigenvalue weighted by Crippen LogP contribution is 2.42. The molecule has 31 heavy (non-hydrogen) atoms. The first-order valence-corrected chi connectivity index (χ1v) is 10.8. The fraction of sp³-hybridized carbons (Fsp3) is 0.417. The van der Waals surface area contributed by atoms with E-state index < -0.39 is 5.41 Å². The van der Waals surface area contributed by atoms with Crippen molar-refractivity contribution in [2.75, 3.05) is 27.4 Å². The summed E-state index contributed by atoms with van der Waals surface area (Å²) in [6, 6.07) is 12.9. The number of ether oxygens (including phenoxy) is 3. The Morgan fingerprint density at radius 2 is 1.68 bits per heavy atom. The van der Waals surface area contributed by atoms with Crippen LogP contribution in [-0.4, -0.2) is 39.2 Å². The Morgan fingerprint density at radius 1 is 1.00 bits per heavy atom. The standard InChI is InChI=1S/C24H28ClNO5/c1-29-20-10-5-17(15-21(20)30-2)11-14-26-22(27)16-31-23(28)24(12-3-4-13-24)18-6-8-19(25)9-7-18/h5-10,15H,3-4,11-14,16H2,1-2H3,(H,26,27). The Morgan fingerprint density at radius 3 is 2.32 bits per heavy atom. The highest BCUT2D eigenvalue weighted by atomic mass is 35.5. The van der Waals surface area contributed by atoms with Crippen LogP contribution in [0.3, 0.4) is 0 Å². The second kappa shape index (κ2) is 10.5. The Hall–Kier alpha value is -2.73. The average Bonchev–Trinajstić information content (AvgIpc) is 3.29. The fourth-order valence-corrected chi connectivity index (χ4v) is 4.19. The maximum atomic E-state index is 12.9. The second-order valence-corrected chi connectivity index (χ2v) is 8.10. The number of benzene rings is 2. The summed E-state index contributed by atoms with van der Waals surface area (Å²) in [5.41, 5.74) is 1.21. The summed E-state index contributed by atoms with van der Waals surface area (Å²) in [5, 5.41) is 3.42. The van der Waals surface area contributed by atoms with Crippen LogP contribution in [0.1, 0.15) is 36.8 Å². The smallest absolute Gasteiger partial charge is 0.317 e. The summed E-state index contributed by atoms with van der Waals surface area (Å²) in [6.07, 6.45) is 3.96. The van der Waals surface area contributed by atoms with Gasteiger partial charge in [0.1, 0.15) is 0 Å². The molecule has 2 aromatic carbocycles. The molecule has 0 aliphatic heterocycles. The minimum atomic E-state index is -0.690. The van der Waals surface area contributed by atoms with Crippen LogP contribution in [-0.2, 0) is 26.2 Å². The SMILES string of the molecule is COc1ccc(CCNC(=O)COC(=O)C2(c3ccc(Cl)cc3)CCCC2)cc1OC. The Bertz CT molecular complexity index is 907. The third-order valence-electron chi connectivity index (χ3n) is 5.76. The zero-order valence-corrected chi connectivity index (χ0v) is 18.7. The van der Waals surface area contributed by atoms with Crippen molar-refractivity contribution in [2.45, 2.75) is 37.5 Å². The molecule has 3 rings (SSSR count). The second-order valence-electron chi connectivity index (χ2n) is 7.66. The largest absolute Gasteiger partial charge is 0.493 e. The average molecular weight is 446 g/mol. The molecule has 0 spiro atoms. The molecule has 166 valence electrons. The summed E-state index contributed by atoms with van der Waals surface area (Å²) in [4.78, 5) is 25.1. The molecular weight excluding hydrogens is 418 g/mol. The summed E-state index contributed by atoms with van der Waals surface area (Å²) in [6.45, 7) is 0.133. The number of amides is 1. The molecule has 1 fully saturated rings. The van der Waals surface area contributed by atoms with Crippen LogP contribution in [0.25, 0.3) is 0 Å². The monoisotopic (exact) mass is 445 g/mol. The number of carbonyl (C=O) groups is 2. The summed E-state index contributed by atoms with van der Waals surface area (Å²) >= 11 is 5.99. The number of halogens is 1. The van der Waals surface area contributed by atoms with Crippen molar-refractivity contribution in [3.05, 3.63) is 58.6 Å². The van der Waals surface area contributed by atoms with E-state index in [1.807, 2.05) is 30.3 Å². The number of carbonyl (C=O) groups excluding carboxylic acids is 2. The number of methoxy groups -OCH3 is 2. The van der Waals surface area contributed by atoms with Gasteiger partial charge < -0.3 is 19.5 Å². The van der Waals surface area contributed by atoms with Crippen molar-refractivity contribution in [1.29, 1.82) is 0 Å². The maximum Gasteiger partial charge on any atom is 0.317 e. The predicted octanol–water partition coefficient (Wildman–Crippen LogP) is 4.07. The molecule has 2 aromatic rings. The molecule has 1 aliphatic rings. The Kier molecular flexibility index (Phi) is 7.80. The summed E-state index contributed by atoms with van der Waals surface area (Å²) in [5.74, 6) is 0.633. The summed E-state index contributed by atoms with van der Waals surface area (Å²) in [7, 11) is 3.17. The minimum absolute atomic E-state index is 0.292. The first-order valence-electron chi connectivity index (χ1n) is 10.4. The molecule has 0 radical (unpaired) electrons. The van der Waals surface area contributed by atoms with Gasteiger partial charge in [0, 0.05) is 11.6 Å². The van der Waals surface area contributed by atoms with E-state index in [1.54, 1.807) is 26.4 Å². The van der Waals surface area contributed by atoms with Crippen molar-refractivity contribution in [1.82, 2.24) is 5.32 Å². The molecule has 1 aliphatic carbocycles. The fourth-order valence-electron chi connectivity index (χ4n) is 4.06. The van der Waals surface area contributed by atoms with Gasteiger partial charge in [-0.05, 0) is 54.7 Å². The zero-order chi connectivity index (χ0) is 22.3. The molecule has 1 N–H and O–H groups in total. The van der Waals surface area contributed by atoms with Gasteiger partial charge in [0.2, 0.25) is 0 Å². The number of nitrogens with one attached hydrogen (secondary N) is 1. The van der Waals surface area contributed by atoms with E-state index in [-0.39, 0.29) is 18.5 Å². The van der Waals surface area contributed by atoms with Crippen molar-refractivity contribution in [3.63, 3.8) is 0 Å². The van der Waals surface area contributed by atoms with Gasteiger partial charge in [0.15, 0.2) is 18.1 Å². The minimum Gasteiger partial charge on any atom is -0.493 e. The molecule has 1 saturated carbocycles. The van der Waals surface area contributed by atoms with Gasteiger partial charge in [-0.2, -0.15) is 0 Å². The molecule has 1 amide bonds. The van der Waals surface area contributed by atoms with E-state index in [0.29, 0.717) is 42.3 Å². The maximum absolute atomic E-state index is 12.9. The number of hydrogen-bond donors (Lipinski definition) is 1. The highest BCUT2D eigenvalue weighted by Gasteiger charge is 2.44. The van der Waals surface area contributed by atoms with Gasteiger partial charge in [-0.15, -0.1) is 0 Å². The Labute approximate surface area is 187 Å². The van der Waals surface area contributed by atoms with Crippen LogP contribution in [0.5, 0.6) is 11.5 Å². The topological polar surface area (TPSA) is 73.9 Å². The third kappa shape index (κ3) is 5.50. The van der Waals surface area contributed by atoms with Crippen LogP contribution >= 0.6 is 11.6 Å². The number of esters is 1. The third-order valence-corrected chi connectivity index (χ3v) is 6.01. The zero-order valence-electron chi connectivity index (χ0n) is 17.9. The summed E-state index contributed by atoms with van der Waals surface area (Å²) < 4.78 is 15.9. The lowest BCUT2D eigenvalue weighted by molar-refractivity contribution is -0.154. The van der Waals surface area contributed by atoms with E-state index in [0.717, 1.165) is 24.0 Å². The van der Waals surface area contributed by atoms with Gasteiger partial charge in [0.05, 0.1) is 19.6 Å². The van der Waals surface area contributed by atoms with E-state index >= 15 is 0 Å². The lowest BCUT2D eigenvalue weighted by atomic mass is 9.79. The van der Waals surface area contributed by atoms with Gasteiger partial charge in [0.25, 0.3) is 5.91 Å². The molecule has 6 nitrogen and oxygen atoms in total. The molecule has 0 bridgehead atoms. The molecular formula is C24H28ClNO5. The van der Waals surface area contributed by atoms with Crippen molar-refractivity contribution >= 4 is 23.5 Å². The first kappa shape index (κ1) is 22.9. The van der Waals surface area contributed by atoms with Crippen LogP contribution in [0.4, 0.5) is 0 Å². The quantitative estimate of drug-likeness (QED) is 0.589. The van der Waals surface area contributed by atoms with Crippen LogP contribution in [0.2, 0.25) is 5.02 Å². The first-order chi connectivity index (χ1) is 15.0. The van der Waals surface area contributed by atoms with Crippen molar-refractivity contribution in [3.8, 4) is 11.5 Å². The molecule has 7 heteroatoms. The van der Waals surface area contributed by atoms with Gasteiger partial charge in [-0.1, -0.05) is 42.6 Å². The van der Waals surface area contributed by atoms with Crippen molar-refractivity contribution < 1.29 is 23.8 Å². The Balaban J connectivity index is 1.50. The number of hydrogen-bond acceptors (Lipinski definition) is 5. The van der Waals surface area contributed by atoms with E-state index in [2.05, 4.69) is 5.32 Å². The van der Waals surface area contributed by atoms with Crippen LogP contribution in [0.15, 0.2) is 42.5 Å². The van der Waals surface area contributed by atoms with Crippen molar-refractivity contribution in [2.24, 2.45) is 0 Å². The lowest BCUT2D eigenvalue weighted by Gasteiger charge is -2.27. The van der Waals surface area contributed by atoms with E-state index in [9.17, 15) is 9.59 Å². The molecule has 0 atom stereocenters. The molecule has 0 aromatic heterocycles. The predicted molar refractivity (Wildman–Crippen MR) is 119 cm³/mol.